The first-order valence-corrected chi connectivity index (χ1v) is 5.93. The Balaban J connectivity index is 2.55. The quantitative estimate of drug-likeness (QED) is 0.770. The molecule has 1 N–H and O–H groups in total. The summed E-state index contributed by atoms with van der Waals surface area (Å²) in [6.07, 6.45) is 1.43. The number of carbonyl (C=O) groups excluding carboxylic acids is 1. The van der Waals surface area contributed by atoms with E-state index in [0.717, 1.165) is 10.9 Å². The van der Waals surface area contributed by atoms with E-state index in [1.54, 1.807) is 0 Å². The van der Waals surface area contributed by atoms with E-state index < -0.39 is 0 Å². The van der Waals surface area contributed by atoms with E-state index in [2.05, 4.69) is 41.2 Å². The average molecular weight is 268 g/mol. The molecule has 1 aromatic carbocycles. The van der Waals surface area contributed by atoms with Crippen molar-refractivity contribution in [2.24, 2.45) is 0 Å². The number of hydrogen-bond acceptors (Lipinski definition) is 1. The number of hydrogen-bond donors (Lipinski definition) is 1. The number of rotatable bonds is 0. The maximum Gasteiger partial charge on any atom is 0.220 e. The minimum absolute atomic E-state index is 0.148. The lowest BCUT2D eigenvalue weighted by molar-refractivity contribution is -0.121. The zero-order chi connectivity index (χ0) is 11.0. The molecule has 80 valence electrons. The van der Waals surface area contributed by atoms with Gasteiger partial charge in [0.1, 0.15) is 0 Å². The van der Waals surface area contributed by atoms with Crippen LogP contribution in [0.3, 0.4) is 0 Å². The molecule has 0 unspecified atom stereocenters. The van der Waals surface area contributed by atoms with Crippen molar-refractivity contribution in [3.8, 4) is 0 Å². The first-order chi connectivity index (χ1) is 7.09. The van der Waals surface area contributed by atoms with Crippen LogP contribution >= 0.6 is 15.9 Å². The lowest BCUT2D eigenvalue weighted by Crippen LogP contribution is -2.20. The number of carbonyl (C=O) groups is 1. The molecule has 0 saturated heterocycles. The molecule has 0 fully saturated rings. The molecule has 15 heavy (non-hydrogen) atoms. The molecule has 1 amide bonds. The van der Waals surface area contributed by atoms with Crippen LogP contribution < -0.4 is 5.32 Å². The van der Waals surface area contributed by atoms with Crippen molar-refractivity contribution in [1.29, 1.82) is 0 Å². The summed E-state index contributed by atoms with van der Waals surface area (Å²) in [5, 5.41) is 2.94. The van der Waals surface area contributed by atoms with Crippen LogP contribution in [0.15, 0.2) is 10.5 Å². The van der Waals surface area contributed by atoms with Crippen molar-refractivity contribution >= 4 is 21.8 Å². The number of halogens is 1. The lowest BCUT2D eigenvalue weighted by Gasteiger charge is -2.13. The summed E-state index contributed by atoms with van der Waals surface area (Å²) in [7, 11) is 0. The highest BCUT2D eigenvalue weighted by Gasteiger charge is 2.17. The van der Waals surface area contributed by atoms with Crippen molar-refractivity contribution in [3.05, 3.63) is 32.8 Å². The third kappa shape index (κ3) is 1.93. The summed E-state index contributed by atoms with van der Waals surface area (Å²) < 4.78 is 1.14. The van der Waals surface area contributed by atoms with Crippen molar-refractivity contribution in [2.45, 2.75) is 33.2 Å². The summed E-state index contributed by atoms with van der Waals surface area (Å²) in [5.41, 5.74) is 5.15. The number of fused-ring (bicyclic) bond motifs is 1. The third-order valence-corrected chi connectivity index (χ3v) is 3.81. The number of nitrogens with one attached hydrogen (secondary N) is 1. The Bertz CT molecular complexity index is 426. The lowest BCUT2D eigenvalue weighted by atomic mass is 9.96. The molecule has 1 heterocycles. The van der Waals surface area contributed by atoms with Crippen LogP contribution in [-0.2, 0) is 17.8 Å². The molecule has 1 aromatic rings. The Morgan fingerprint density at radius 1 is 1.27 bits per heavy atom. The molecule has 1 aliphatic rings. The van der Waals surface area contributed by atoms with Crippen LogP contribution in [0.2, 0.25) is 0 Å². The first kappa shape index (κ1) is 10.7. The van der Waals surface area contributed by atoms with E-state index >= 15 is 0 Å². The zero-order valence-corrected chi connectivity index (χ0v) is 10.6. The van der Waals surface area contributed by atoms with Crippen LogP contribution in [0.1, 0.15) is 28.7 Å². The van der Waals surface area contributed by atoms with E-state index in [4.69, 9.17) is 0 Å². The highest BCUT2D eigenvalue weighted by molar-refractivity contribution is 9.10. The minimum atomic E-state index is 0.148. The molecule has 2 rings (SSSR count). The fourth-order valence-electron chi connectivity index (χ4n) is 2.02. The summed E-state index contributed by atoms with van der Waals surface area (Å²) >= 11 is 3.58. The second-order valence-corrected chi connectivity index (χ2v) is 4.89. The topological polar surface area (TPSA) is 29.1 Å². The maximum atomic E-state index is 11.3. The molecule has 0 saturated carbocycles. The van der Waals surface area contributed by atoms with Gasteiger partial charge in [-0.05, 0) is 48.6 Å². The molecule has 0 aromatic heterocycles. The molecule has 3 heteroatoms. The SMILES string of the molecule is Cc1cc(Br)c2c(c1C)CNC(=O)CC2. The summed E-state index contributed by atoms with van der Waals surface area (Å²) in [4.78, 5) is 11.3. The fourth-order valence-corrected chi connectivity index (χ4v) is 2.80. The normalized spacial score (nSPS) is 15.5. The van der Waals surface area contributed by atoms with E-state index in [9.17, 15) is 4.79 Å². The van der Waals surface area contributed by atoms with E-state index in [1.165, 1.54) is 22.3 Å². The molecule has 2 nitrogen and oxygen atoms in total. The van der Waals surface area contributed by atoms with Gasteiger partial charge in [0.15, 0.2) is 0 Å². The molecule has 0 radical (unpaired) electrons. The van der Waals surface area contributed by atoms with Crippen molar-refractivity contribution in [2.75, 3.05) is 0 Å². The number of benzene rings is 1. The van der Waals surface area contributed by atoms with Crippen molar-refractivity contribution in [1.82, 2.24) is 5.32 Å². The summed E-state index contributed by atoms with van der Waals surface area (Å²) in [6, 6.07) is 2.14. The molecular weight excluding hydrogens is 254 g/mol. The van der Waals surface area contributed by atoms with E-state index in [-0.39, 0.29) is 5.91 Å². The van der Waals surface area contributed by atoms with Gasteiger partial charge >= 0.3 is 0 Å². The van der Waals surface area contributed by atoms with Gasteiger partial charge in [0.25, 0.3) is 0 Å². The third-order valence-electron chi connectivity index (χ3n) is 3.10. The van der Waals surface area contributed by atoms with Crippen LogP contribution in [0.25, 0.3) is 0 Å². The monoisotopic (exact) mass is 267 g/mol. The Morgan fingerprint density at radius 2 is 2.00 bits per heavy atom. The second kappa shape index (κ2) is 3.97. The van der Waals surface area contributed by atoms with Gasteiger partial charge in [0.05, 0.1) is 0 Å². The van der Waals surface area contributed by atoms with E-state index in [0.29, 0.717) is 13.0 Å². The van der Waals surface area contributed by atoms with Gasteiger partial charge in [-0.2, -0.15) is 0 Å². The largest absolute Gasteiger partial charge is 0.352 e. The van der Waals surface area contributed by atoms with Crippen LogP contribution in [0.4, 0.5) is 0 Å². The van der Waals surface area contributed by atoms with Crippen LogP contribution in [0.5, 0.6) is 0 Å². The summed E-state index contributed by atoms with van der Waals surface area (Å²) in [5.74, 6) is 0.148. The molecule has 0 aliphatic carbocycles. The molecule has 1 aliphatic heterocycles. The minimum Gasteiger partial charge on any atom is -0.352 e. The first-order valence-electron chi connectivity index (χ1n) is 5.13. The van der Waals surface area contributed by atoms with Gasteiger partial charge in [0, 0.05) is 17.4 Å². The van der Waals surface area contributed by atoms with Gasteiger partial charge in [-0.15, -0.1) is 0 Å². The predicted octanol–water partition coefficient (Wildman–Crippen LogP) is 2.63. The second-order valence-electron chi connectivity index (χ2n) is 4.03. The number of aryl methyl sites for hydroxylation is 1. The van der Waals surface area contributed by atoms with Gasteiger partial charge in [-0.25, -0.2) is 0 Å². The molecule has 0 atom stereocenters. The highest BCUT2D eigenvalue weighted by Crippen LogP contribution is 2.29. The average Bonchev–Trinajstić information content (AvgIpc) is 2.38. The van der Waals surface area contributed by atoms with Gasteiger partial charge in [-0.3, -0.25) is 4.79 Å². The van der Waals surface area contributed by atoms with Crippen molar-refractivity contribution < 1.29 is 4.79 Å². The molecule has 0 bridgehead atoms. The Labute approximate surface area is 98.2 Å². The summed E-state index contributed by atoms with van der Waals surface area (Å²) in [6.45, 7) is 4.89. The predicted molar refractivity (Wildman–Crippen MR) is 63.8 cm³/mol. The van der Waals surface area contributed by atoms with E-state index in [1.807, 2.05) is 0 Å². The standard InChI is InChI=1S/C12H14BrNO/c1-7-5-11(13)9-3-4-12(15)14-6-10(9)8(7)2/h5H,3-4,6H2,1-2H3,(H,14,15). The van der Waals surface area contributed by atoms with Crippen LogP contribution in [0, 0.1) is 13.8 Å². The zero-order valence-electron chi connectivity index (χ0n) is 8.98. The maximum absolute atomic E-state index is 11.3. The Kier molecular flexibility index (Phi) is 2.83. The smallest absolute Gasteiger partial charge is 0.220 e. The Morgan fingerprint density at radius 3 is 2.73 bits per heavy atom. The highest BCUT2D eigenvalue weighted by atomic mass is 79.9. The fraction of sp³-hybridized carbons (Fsp3) is 0.417. The Hall–Kier alpha value is -0.830. The van der Waals surface area contributed by atoms with Crippen LogP contribution in [-0.4, -0.2) is 5.91 Å². The molecule has 0 spiro atoms. The van der Waals surface area contributed by atoms with Gasteiger partial charge < -0.3 is 5.32 Å². The van der Waals surface area contributed by atoms with Gasteiger partial charge in [0.2, 0.25) is 5.91 Å². The van der Waals surface area contributed by atoms with Gasteiger partial charge in [-0.1, -0.05) is 15.9 Å². The molecular formula is C12H14BrNO. The number of amides is 1. The van der Waals surface area contributed by atoms with Crippen molar-refractivity contribution in [3.63, 3.8) is 0 Å².